The maximum Gasteiger partial charge on any atom is 0.405 e. The van der Waals surface area contributed by atoms with Crippen LogP contribution in [0.5, 0.6) is 0 Å². The van der Waals surface area contributed by atoms with Gasteiger partial charge in [0.1, 0.15) is 6.04 Å². The molecule has 0 spiro atoms. The Kier molecular flexibility index (Phi) is 11.2. The molecular weight excluding hydrogens is 486 g/mol. The van der Waals surface area contributed by atoms with Crippen molar-refractivity contribution in [3.05, 3.63) is 49.1 Å². The lowest BCUT2D eigenvalue weighted by Gasteiger charge is -2.28. The highest BCUT2D eigenvalue weighted by molar-refractivity contribution is 7.80. The van der Waals surface area contributed by atoms with Crippen LogP contribution in [0.4, 0.5) is 16.2 Å². The third kappa shape index (κ3) is 8.24. The predicted octanol–water partition coefficient (Wildman–Crippen LogP) is 1.73. The van der Waals surface area contributed by atoms with Gasteiger partial charge in [0.2, 0.25) is 11.8 Å². The minimum absolute atomic E-state index is 0.0240. The molecule has 0 bridgehead atoms. The van der Waals surface area contributed by atoms with Crippen LogP contribution < -0.4 is 25.2 Å². The van der Waals surface area contributed by atoms with Gasteiger partial charge in [-0.15, -0.1) is 0 Å². The van der Waals surface area contributed by atoms with Gasteiger partial charge in [0.15, 0.2) is 0 Å². The van der Waals surface area contributed by atoms with Crippen LogP contribution in [-0.2, 0) is 20.9 Å². The van der Waals surface area contributed by atoms with Gasteiger partial charge in [-0.1, -0.05) is 30.8 Å². The van der Waals surface area contributed by atoms with Crippen molar-refractivity contribution in [2.75, 3.05) is 42.9 Å². The topological polar surface area (TPSA) is 154 Å². The van der Waals surface area contributed by atoms with E-state index in [1.165, 1.54) is 0 Å². The molecule has 0 saturated carbocycles. The number of amides is 3. The Morgan fingerprint density at radius 2 is 1.69 bits per heavy atom. The summed E-state index contributed by atoms with van der Waals surface area (Å²) in [5.41, 5.74) is 1.41. The molecule has 0 aliphatic carbocycles. The summed E-state index contributed by atoms with van der Waals surface area (Å²) in [5, 5.41) is 18.1. The number of carbonyl (C=O) groups is 3. The first kappa shape index (κ1) is 28.6. The molecule has 0 aliphatic heterocycles. The van der Waals surface area contributed by atoms with Crippen molar-refractivity contribution in [2.45, 2.75) is 25.3 Å². The van der Waals surface area contributed by atoms with E-state index in [0.29, 0.717) is 25.1 Å². The van der Waals surface area contributed by atoms with Crippen LogP contribution in [0.25, 0.3) is 10.8 Å². The molecule has 2 aromatic carbocycles. The maximum absolute atomic E-state index is 12.6. The fourth-order valence-corrected chi connectivity index (χ4v) is 4.30. The molecule has 0 aromatic heterocycles. The molecule has 12 heteroatoms. The molecule has 0 saturated heterocycles. The highest BCUT2D eigenvalue weighted by Gasteiger charge is 2.20. The second-order valence-corrected chi connectivity index (χ2v) is 9.02. The van der Waals surface area contributed by atoms with Crippen LogP contribution in [0.15, 0.2) is 49.1 Å². The van der Waals surface area contributed by atoms with Crippen molar-refractivity contribution >= 4 is 51.3 Å². The second kappa shape index (κ2) is 14.0. The van der Waals surface area contributed by atoms with E-state index in [2.05, 4.69) is 22.5 Å². The number of nitrogens with zero attached hydrogens (tertiary/aromatic N) is 2. The number of hydrogen-bond donors (Lipinski definition) is 4. The minimum Gasteiger partial charge on any atom is -0.755 e. The lowest BCUT2D eigenvalue weighted by atomic mass is 10.1. The molecule has 4 N–H and O–H groups in total. The SMILES string of the molecule is C=CC(=O)NCCCCC(NC(=O)O)C(=O)NCCN(c1cccc2c(N(C)C)cccc12)S(=O)[O-]. The molecule has 0 fully saturated rings. The summed E-state index contributed by atoms with van der Waals surface area (Å²) in [6, 6.07) is 9.98. The molecule has 0 aliphatic rings. The summed E-state index contributed by atoms with van der Waals surface area (Å²) in [5.74, 6) is -0.866. The number of rotatable bonds is 14. The van der Waals surface area contributed by atoms with Gasteiger partial charge in [-0.3, -0.25) is 13.8 Å². The smallest absolute Gasteiger partial charge is 0.405 e. The fourth-order valence-electron chi connectivity index (χ4n) is 3.74. The summed E-state index contributed by atoms with van der Waals surface area (Å²) < 4.78 is 25.3. The summed E-state index contributed by atoms with van der Waals surface area (Å²) in [6.07, 6.45) is 1.06. The molecule has 0 radical (unpaired) electrons. The third-order valence-corrected chi connectivity index (χ3v) is 6.18. The zero-order chi connectivity index (χ0) is 26.7. The van der Waals surface area contributed by atoms with Crippen molar-refractivity contribution in [3.8, 4) is 0 Å². The Hall–Kier alpha value is -3.64. The van der Waals surface area contributed by atoms with E-state index in [0.717, 1.165) is 26.8 Å². The van der Waals surface area contributed by atoms with Gasteiger partial charge < -0.3 is 34.8 Å². The van der Waals surface area contributed by atoms with Crippen LogP contribution in [-0.4, -0.2) is 71.5 Å². The van der Waals surface area contributed by atoms with E-state index in [1.807, 2.05) is 43.3 Å². The van der Waals surface area contributed by atoms with Gasteiger partial charge in [0, 0.05) is 61.5 Å². The minimum atomic E-state index is -2.61. The first-order chi connectivity index (χ1) is 17.1. The van der Waals surface area contributed by atoms with E-state index in [4.69, 9.17) is 5.11 Å². The van der Waals surface area contributed by atoms with Gasteiger partial charge in [0.05, 0.1) is 5.69 Å². The molecular formula is C24H32N5O6S-. The molecule has 36 heavy (non-hydrogen) atoms. The Bertz CT molecular complexity index is 1110. The molecule has 3 amide bonds. The van der Waals surface area contributed by atoms with Gasteiger partial charge >= 0.3 is 6.09 Å². The van der Waals surface area contributed by atoms with E-state index in [9.17, 15) is 23.1 Å². The third-order valence-electron chi connectivity index (χ3n) is 5.44. The molecule has 2 unspecified atom stereocenters. The first-order valence-corrected chi connectivity index (χ1v) is 12.4. The summed E-state index contributed by atoms with van der Waals surface area (Å²) in [6.45, 7) is 3.66. The van der Waals surface area contributed by atoms with Gasteiger partial charge in [-0.25, -0.2) is 4.79 Å². The molecule has 196 valence electrons. The van der Waals surface area contributed by atoms with Crippen LogP contribution in [0, 0.1) is 0 Å². The lowest BCUT2D eigenvalue weighted by Crippen LogP contribution is -2.48. The molecule has 2 rings (SSSR count). The van der Waals surface area contributed by atoms with Crippen LogP contribution in [0.2, 0.25) is 0 Å². The average Bonchev–Trinajstić information content (AvgIpc) is 2.84. The van der Waals surface area contributed by atoms with Crippen LogP contribution >= 0.6 is 0 Å². The highest BCUT2D eigenvalue weighted by Crippen LogP contribution is 2.33. The Morgan fingerprint density at radius 3 is 2.28 bits per heavy atom. The number of anilines is 2. The highest BCUT2D eigenvalue weighted by atomic mass is 32.2. The summed E-state index contributed by atoms with van der Waals surface area (Å²) in [7, 11) is 3.80. The van der Waals surface area contributed by atoms with Gasteiger partial charge in [0.25, 0.3) is 0 Å². The number of carboxylic acid groups (broad SMARTS) is 1. The Labute approximate surface area is 212 Å². The molecule has 11 nitrogen and oxygen atoms in total. The van der Waals surface area contributed by atoms with E-state index >= 15 is 0 Å². The van der Waals surface area contributed by atoms with Crippen molar-refractivity contribution < 1.29 is 28.3 Å². The van der Waals surface area contributed by atoms with E-state index < -0.39 is 29.3 Å². The Balaban J connectivity index is 2.04. The van der Waals surface area contributed by atoms with Crippen LogP contribution in [0.3, 0.4) is 0 Å². The number of carbonyl (C=O) groups excluding carboxylic acids is 2. The monoisotopic (exact) mass is 518 g/mol. The number of nitrogens with one attached hydrogen (secondary N) is 3. The average molecular weight is 519 g/mol. The lowest BCUT2D eigenvalue weighted by molar-refractivity contribution is -0.123. The number of hydrogen-bond acceptors (Lipinski definition) is 6. The quantitative estimate of drug-likeness (QED) is 0.169. The van der Waals surface area contributed by atoms with E-state index in [-0.39, 0.29) is 25.4 Å². The number of unbranched alkanes of at least 4 members (excludes halogenated alkanes) is 1. The summed E-state index contributed by atoms with van der Waals surface area (Å²) >= 11 is -2.61. The van der Waals surface area contributed by atoms with Crippen molar-refractivity contribution in [3.63, 3.8) is 0 Å². The van der Waals surface area contributed by atoms with Crippen molar-refractivity contribution in [1.29, 1.82) is 0 Å². The van der Waals surface area contributed by atoms with Crippen LogP contribution in [0.1, 0.15) is 19.3 Å². The predicted molar refractivity (Wildman–Crippen MR) is 140 cm³/mol. The zero-order valence-electron chi connectivity index (χ0n) is 20.4. The normalized spacial score (nSPS) is 12.3. The fraction of sp³-hybridized carbons (Fsp3) is 0.375. The zero-order valence-corrected chi connectivity index (χ0v) is 21.2. The Morgan fingerprint density at radius 1 is 1.06 bits per heavy atom. The number of benzene rings is 2. The van der Waals surface area contributed by atoms with Gasteiger partial charge in [-0.2, -0.15) is 0 Å². The van der Waals surface area contributed by atoms with Gasteiger partial charge in [-0.05, 0) is 37.5 Å². The number of fused-ring (bicyclic) bond motifs is 1. The second-order valence-electron chi connectivity index (χ2n) is 8.15. The molecule has 0 heterocycles. The molecule has 2 atom stereocenters. The van der Waals surface area contributed by atoms with Crippen molar-refractivity contribution in [2.24, 2.45) is 0 Å². The van der Waals surface area contributed by atoms with E-state index in [1.54, 1.807) is 12.1 Å². The standard InChI is InChI=1S/C24H33N5O6S/c1-4-22(30)25-14-6-5-11-19(27-24(32)33)23(31)26-15-16-29(36(34)35)21-13-8-9-17-18(21)10-7-12-20(17)28(2)3/h4,7-10,12-13,19,27H,1,5-6,11,14-16H2,2-3H3,(H,25,30)(H,26,31)(H,32,33)(H,34,35)/p-1. The first-order valence-electron chi connectivity index (χ1n) is 11.4. The summed E-state index contributed by atoms with van der Waals surface area (Å²) in [4.78, 5) is 36.9. The van der Waals surface area contributed by atoms with Crippen molar-refractivity contribution in [1.82, 2.24) is 16.0 Å². The molecule has 2 aromatic rings. The maximum atomic E-state index is 12.6. The largest absolute Gasteiger partial charge is 0.755 e.